The predicted octanol–water partition coefficient (Wildman–Crippen LogP) is 5.02. The van der Waals surface area contributed by atoms with Crippen LogP contribution in [0.5, 0.6) is 0 Å². The van der Waals surface area contributed by atoms with E-state index in [2.05, 4.69) is 17.6 Å². The van der Waals surface area contributed by atoms with Gasteiger partial charge in [0.25, 0.3) is 0 Å². The van der Waals surface area contributed by atoms with Gasteiger partial charge in [-0.2, -0.15) is 0 Å². The summed E-state index contributed by atoms with van der Waals surface area (Å²) in [5.74, 6) is 0.752. The average molecular weight is 304 g/mol. The Balaban J connectivity index is 1.93. The molecule has 1 unspecified atom stereocenters. The zero-order chi connectivity index (χ0) is 16.2. The SMILES string of the molecule is CC(Nc1cccc(NC(=O)OC(C)(C)C)c1)C1CCCC1. The molecular weight excluding hydrogens is 276 g/mol. The third-order valence-corrected chi connectivity index (χ3v) is 4.01. The number of amides is 1. The van der Waals surface area contributed by atoms with Crippen molar-refractivity contribution in [2.75, 3.05) is 10.6 Å². The fourth-order valence-corrected chi connectivity index (χ4v) is 2.95. The van der Waals surface area contributed by atoms with Crippen LogP contribution in [0.1, 0.15) is 53.4 Å². The van der Waals surface area contributed by atoms with E-state index in [-0.39, 0.29) is 0 Å². The van der Waals surface area contributed by atoms with Crippen LogP contribution in [0.3, 0.4) is 0 Å². The number of hydrogen-bond acceptors (Lipinski definition) is 3. The summed E-state index contributed by atoms with van der Waals surface area (Å²) in [5.41, 5.74) is 1.29. The van der Waals surface area contributed by atoms with Crippen molar-refractivity contribution in [2.24, 2.45) is 5.92 Å². The number of carbonyl (C=O) groups is 1. The van der Waals surface area contributed by atoms with Gasteiger partial charge in [-0.25, -0.2) is 4.79 Å². The highest BCUT2D eigenvalue weighted by Gasteiger charge is 2.21. The Labute approximate surface area is 133 Å². The summed E-state index contributed by atoms with van der Waals surface area (Å²) in [6, 6.07) is 8.26. The molecule has 0 radical (unpaired) electrons. The smallest absolute Gasteiger partial charge is 0.412 e. The predicted molar refractivity (Wildman–Crippen MR) is 91.3 cm³/mol. The minimum absolute atomic E-state index is 0.423. The highest BCUT2D eigenvalue weighted by molar-refractivity contribution is 5.85. The van der Waals surface area contributed by atoms with Crippen molar-refractivity contribution in [3.05, 3.63) is 24.3 Å². The second kappa shape index (κ2) is 7.03. The molecule has 1 aliphatic rings. The van der Waals surface area contributed by atoms with Crippen molar-refractivity contribution >= 4 is 17.5 Å². The summed E-state index contributed by atoms with van der Waals surface area (Å²) in [7, 11) is 0. The molecule has 4 heteroatoms. The van der Waals surface area contributed by atoms with E-state index in [1.165, 1.54) is 25.7 Å². The van der Waals surface area contributed by atoms with Gasteiger partial charge in [0.1, 0.15) is 5.60 Å². The number of rotatable bonds is 4. The lowest BCUT2D eigenvalue weighted by atomic mass is 9.99. The lowest BCUT2D eigenvalue weighted by molar-refractivity contribution is 0.0636. The molecule has 0 aromatic heterocycles. The maximum absolute atomic E-state index is 11.8. The van der Waals surface area contributed by atoms with Crippen molar-refractivity contribution in [1.82, 2.24) is 0 Å². The van der Waals surface area contributed by atoms with E-state index in [0.717, 1.165) is 17.3 Å². The molecular formula is C18H28N2O2. The maximum atomic E-state index is 11.8. The van der Waals surface area contributed by atoms with Gasteiger partial charge in [0.2, 0.25) is 0 Å². The molecule has 0 saturated heterocycles. The number of carbonyl (C=O) groups excluding carboxylic acids is 1. The number of benzene rings is 1. The van der Waals surface area contributed by atoms with Gasteiger partial charge < -0.3 is 10.1 Å². The van der Waals surface area contributed by atoms with E-state index >= 15 is 0 Å². The number of nitrogens with one attached hydrogen (secondary N) is 2. The minimum Gasteiger partial charge on any atom is -0.444 e. The Morgan fingerprint density at radius 3 is 2.50 bits per heavy atom. The molecule has 1 aliphatic carbocycles. The monoisotopic (exact) mass is 304 g/mol. The first-order chi connectivity index (χ1) is 10.3. The van der Waals surface area contributed by atoms with Crippen LogP contribution in [0.4, 0.5) is 16.2 Å². The van der Waals surface area contributed by atoms with E-state index in [0.29, 0.717) is 6.04 Å². The third-order valence-electron chi connectivity index (χ3n) is 4.01. The Hall–Kier alpha value is -1.71. The summed E-state index contributed by atoms with van der Waals surface area (Å²) in [4.78, 5) is 11.8. The van der Waals surface area contributed by atoms with Gasteiger partial charge in [-0.1, -0.05) is 18.9 Å². The fourth-order valence-electron chi connectivity index (χ4n) is 2.95. The van der Waals surface area contributed by atoms with Crippen LogP contribution in [-0.4, -0.2) is 17.7 Å². The molecule has 0 aliphatic heterocycles. The van der Waals surface area contributed by atoms with Crippen molar-refractivity contribution in [3.63, 3.8) is 0 Å². The zero-order valence-electron chi connectivity index (χ0n) is 14.1. The molecule has 1 atom stereocenters. The van der Waals surface area contributed by atoms with Crippen LogP contribution in [0.2, 0.25) is 0 Å². The molecule has 0 heterocycles. The number of hydrogen-bond donors (Lipinski definition) is 2. The lowest BCUT2D eigenvalue weighted by Gasteiger charge is -2.22. The third kappa shape index (κ3) is 5.24. The normalized spacial score (nSPS) is 17.1. The van der Waals surface area contributed by atoms with Crippen LogP contribution in [0.25, 0.3) is 0 Å². The molecule has 1 saturated carbocycles. The molecule has 1 amide bonds. The molecule has 2 rings (SSSR count). The quantitative estimate of drug-likeness (QED) is 0.820. The topological polar surface area (TPSA) is 50.4 Å². The molecule has 1 aromatic rings. The van der Waals surface area contributed by atoms with E-state index < -0.39 is 11.7 Å². The first-order valence-electron chi connectivity index (χ1n) is 8.20. The Bertz CT molecular complexity index is 502. The van der Waals surface area contributed by atoms with Crippen LogP contribution in [0.15, 0.2) is 24.3 Å². The summed E-state index contributed by atoms with van der Waals surface area (Å²) in [6.45, 7) is 7.81. The fraction of sp³-hybridized carbons (Fsp3) is 0.611. The van der Waals surface area contributed by atoms with Gasteiger partial charge in [-0.3, -0.25) is 5.32 Å². The molecule has 4 nitrogen and oxygen atoms in total. The van der Waals surface area contributed by atoms with Crippen LogP contribution >= 0.6 is 0 Å². The van der Waals surface area contributed by atoms with Crippen LogP contribution < -0.4 is 10.6 Å². The van der Waals surface area contributed by atoms with Crippen molar-refractivity contribution in [1.29, 1.82) is 0 Å². The Morgan fingerprint density at radius 2 is 1.86 bits per heavy atom. The van der Waals surface area contributed by atoms with E-state index in [4.69, 9.17) is 4.74 Å². The minimum atomic E-state index is -0.489. The van der Waals surface area contributed by atoms with Crippen LogP contribution in [0, 0.1) is 5.92 Å². The van der Waals surface area contributed by atoms with E-state index in [1.54, 1.807) is 0 Å². The molecule has 0 bridgehead atoms. The van der Waals surface area contributed by atoms with E-state index in [9.17, 15) is 4.79 Å². The first-order valence-corrected chi connectivity index (χ1v) is 8.20. The standard InChI is InChI=1S/C18H28N2O2/c1-13(14-8-5-6-9-14)19-15-10-7-11-16(12-15)20-17(21)22-18(2,3)4/h7,10-14,19H,5-6,8-9H2,1-4H3,(H,20,21). The van der Waals surface area contributed by atoms with Gasteiger partial charge in [0.15, 0.2) is 0 Å². The van der Waals surface area contributed by atoms with Crippen molar-refractivity contribution in [2.45, 2.75) is 65.0 Å². The van der Waals surface area contributed by atoms with Crippen molar-refractivity contribution in [3.8, 4) is 0 Å². The second-order valence-corrected chi connectivity index (χ2v) is 7.19. The highest BCUT2D eigenvalue weighted by atomic mass is 16.6. The average Bonchev–Trinajstić information content (AvgIpc) is 2.90. The molecule has 2 N–H and O–H groups in total. The summed E-state index contributed by atoms with van der Waals surface area (Å²) in [5, 5.41) is 6.33. The molecule has 0 spiro atoms. The van der Waals surface area contributed by atoms with Gasteiger partial charge in [-0.05, 0) is 64.7 Å². The maximum Gasteiger partial charge on any atom is 0.412 e. The zero-order valence-corrected chi connectivity index (χ0v) is 14.1. The number of ether oxygens (including phenoxy) is 1. The molecule has 122 valence electrons. The van der Waals surface area contributed by atoms with Gasteiger partial charge in [-0.15, -0.1) is 0 Å². The Kier molecular flexibility index (Phi) is 5.33. The summed E-state index contributed by atoms with van der Waals surface area (Å²) >= 11 is 0. The molecule has 1 aromatic carbocycles. The molecule has 1 fully saturated rings. The first kappa shape index (κ1) is 16.7. The van der Waals surface area contributed by atoms with Gasteiger partial charge in [0, 0.05) is 17.4 Å². The molecule has 22 heavy (non-hydrogen) atoms. The van der Waals surface area contributed by atoms with Crippen molar-refractivity contribution < 1.29 is 9.53 Å². The second-order valence-electron chi connectivity index (χ2n) is 7.19. The summed E-state index contributed by atoms with van der Waals surface area (Å²) < 4.78 is 5.27. The van der Waals surface area contributed by atoms with Crippen LogP contribution in [-0.2, 0) is 4.74 Å². The van der Waals surface area contributed by atoms with Gasteiger partial charge in [0.05, 0.1) is 0 Å². The lowest BCUT2D eigenvalue weighted by Crippen LogP contribution is -2.27. The van der Waals surface area contributed by atoms with Gasteiger partial charge >= 0.3 is 6.09 Å². The van der Waals surface area contributed by atoms with E-state index in [1.807, 2.05) is 45.0 Å². The Morgan fingerprint density at radius 1 is 1.23 bits per heavy atom. The highest BCUT2D eigenvalue weighted by Crippen LogP contribution is 2.29. The number of anilines is 2. The largest absolute Gasteiger partial charge is 0.444 e. The summed E-state index contributed by atoms with van der Waals surface area (Å²) in [6.07, 6.45) is 4.88.